The van der Waals surface area contributed by atoms with Crippen LogP contribution in [0.4, 0.5) is 5.95 Å². The SMILES string of the molecule is CC(CCCO)NC(=O)CN(C)c1ncccn1. The fourth-order valence-corrected chi connectivity index (χ4v) is 1.56. The summed E-state index contributed by atoms with van der Waals surface area (Å²) in [5.74, 6) is 0.450. The number of nitrogens with one attached hydrogen (secondary N) is 1. The van der Waals surface area contributed by atoms with E-state index < -0.39 is 0 Å². The zero-order valence-electron chi connectivity index (χ0n) is 10.8. The summed E-state index contributed by atoms with van der Waals surface area (Å²) in [6.07, 6.45) is 4.74. The van der Waals surface area contributed by atoms with Crippen molar-refractivity contribution >= 4 is 11.9 Å². The molecule has 0 spiro atoms. The van der Waals surface area contributed by atoms with Crippen molar-refractivity contribution in [3.8, 4) is 0 Å². The summed E-state index contributed by atoms with van der Waals surface area (Å²) >= 11 is 0. The van der Waals surface area contributed by atoms with Gasteiger partial charge in [-0.05, 0) is 25.8 Å². The molecule has 1 heterocycles. The molecule has 1 atom stereocenters. The molecule has 0 aliphatic rings. The number of hydrogen-bond donors (Lipinski definition) is 2. The largest absolute Gasteiger partial charge is 0.396 e. The zero-order chi connectivity index (χ0) is 13.4. The Morgan fingerprint density at radius 3 is 2.78 bits per heavy atom. The van der Waals surface area contributed by atoms with Crippen molar-refractivity contribution in [2.75, 3.05) is 25.1 Å². The van der Waals surface area contributed by atoms with E-state index in [0.717, 1.165) is 6.42 Å². The van der Waals surface area contributed by atoms with E-state index >= 15 is 0 Å². The number of carbonyl (C=O) groups is 1. The first-order chi connectivity index (χ1) is 8.63. The number of carbonyl (C=O) groups excluding carboxylic acids is 1. The minimum atomic E-state index is -0.0737. The number of nitrogens with zero attached hydrogens (tertiary/aromatic N) is 3. The summed E-state index contributed by atoms with van der Waals surface area (Å²) in [6, 6.07) is 1.80. The molecule has 0 aliphatic carbocycles. The highest BCUT2D eigenvalue weighted by Crippen LogP contribution is 2.01. The number of aliphatic hydroxyl groups is 1. The third-order valence-electron chi connectivity index (χ3n) is 2.48. The molecular weight excluding hydrogens is 232 g/mol. The minimum Gasteiger partial charge on any atom is -0.396 e. The molecule has 6 nitrogen and oxygen atoms in total. The molecule has 1 amide bonds. The lowest BCUT2D eigenvalue weighted by atomic mass is 10.2. The van der Waals surface area contributed by atoms with Crippen molar-refractivity contribution < 1.29 is 9.90 Å². The molecule has 0 saturated heterocycles. The highest BCUT2D eigenvalue weighted by Gasteiger charge is 2.11. The summed E-state index contributed by atoms with van der Waals surface area (Å²) in [7, 11) is 1.77. The fraction of sp³-hybridized carbons (Fsp3) is 0.583. The first-order valence-electron chi connectivity index (χ1n) is 6.02. The van der Waals surface area contributed by atoms with Crippen LogP contribution in [0.5, 0.6) is 0 Å². The monoisotopic (exact) mass is 252 g/mol. The smallest absolute Gasteiger partial charge is 0.239 e. The maximum Gasteiger partial charge on any atom is 0.239 e. The molecular formula is C12H20N4O2. The van der Waals surface area contributed by atoms with Crippen LogP contribution in [0.1, 0.15) is 19.8 Å². The van der Waals surface area contributed by atoms with Gasteiger partial charge in [-0.3, -0.25) is 4.79 Å². The lowest BCUT2D eigenvalue weighted by molar-refractivity contribution is -0.120. The highest BCUT2D eigenvalue weighted by molar-refractivity contribution is 5.80. The van der Waals surface area contributed by atoms with Gasteiger partial charge in [0.15, 0.2) is 0 Å². The molecule has 0 aromatic carbocycles. The third-order valence-corrected chi connectivity index (χ3v) is 2.48. The Labute approximate surface area is 107 Å². The number of aromatic nitrogens is 2. The van der Waals surface area contributed by atoms with Crippen molar-refractivity contribution in [3.05, 3.63) is 18.5 Å². The molecule has 18 heavy (non-hydrogen) atoms. The van der Waals surface area contributed by atoms with Gasteiger partial charge in [0.2, 0.25) is 11.9 Å². The molecule has 1 unspecified atom stereocenters. The molecule has 1 rings (SSSR count). The highest BCUT2D eigenvalue weighted by atomic mass is 16.3. The van der Waals surface area contributed by atoms with Gasteiger partial charge in [-0.25, -0.2) is 9.97 Å². The van der Waals surface area contributed by atoms with Crippen LogP contribution in [0.2, 0.25) is 0 Å². The van der Waals surface area contributed by atoms with E-state index in [1.54, 1.807) is 30.4 Å². The Hall–Kier alpha value is -1.69. The number of amides is 1. The molecule has 0 fully saturated rings. The number of anilines is 1. The van der Waals surface area contributed by atoms with Crippen LogP contribution in [0.3, 0.4) is 0 Å². The van der Waals surface area contributed by atoms with Crippen molar-refractivity contribution in [2.45, 2.75) is 25.8 Å². The lowest BCUT2D eigenvalue weighted by Crippen LogP contribution is -2.40. The molecule has 6 heteroatoms. The summed E-state index contributed by atoms with van der Waals surface area (Å²) in [6.45, 7) is 2.29. The number of rotatable bonds is 7. The van der Waals surface area contributed by atoms with Gasteiger partial charge < -0.3 is 15.3 Å². The molecule has 0 bridgehead atoms. The Bertz CT molecular complexity index is 358. The van der Waals surface area contributed by atoms with Gasteiger partial charge in [0.25, 0.3) is 0 Å². The minimum absolute atomic E-state index is 0.0646. The number of hydrogen-bond acceptors (Lipinski definition) is 5. The van der Waals surface area contributed by atoms with E-state index in [2.05, 4.69) is 15.3 Å². The van der Waals surface area contributed by atoms with Gasteiger partial charge in [0.05, 0.1) is 6.54 Å². The van der Waals surface area contributed by atoms with Crippen LogP contribution < -0.4 is 10.2 Å². The second kappa shape index (κ2) is 7.60. The fourth-order valence-electron chi connectivity index (χ4n) is 1.56. The molecule has 0 aliphatic heterocycles. The van der Waals surface area contributed by atoms with Crippen molar-refractivity contribution in [3.63, 3.8) is 0 Å². The zero-order valence-corrected chi connectivity index (χ0v) is 10.8. The second-order valence-corrected chi connectivity index (χ2v) is 4.24. The molecule has 0 saturated carbocycles. The van der Waals surface area contributed by atoms with E-state index in [-0.39, 0.29) is 25.1 Å². The van der Waals surface area contributed by atoms with Crippen LogP contribution in [-0.4, -0.2) is 47.2 Å². The van der Waals surface area contributed by atoms with Crippen LogP contribution in [0.15, 0.2) is 18.5 Å². The number of aliphatic hydroxyl groups excluding tert-OH is 1. The Balaban J connectivity index is 2.36. The van der Waals surface area contributed by atoms with Crippen LogP contribution >= 0.6 is 0 Å². The molecule has 0 radical (unpaired) electrons. The average Bonchev–Trinajstić information content (AvgIpc) is 2.37. The lowest BCUT2D eigenvalue weighted by Gasteiger charge is -2.18. The van der Waals surface area contributed by atoms with Crippen LogP contribution in [-0.2, 0) is 4.79 Å². The van der Waals surface area contributed by atoms with E-state index in [9.17, 15) is 4.79 Å². The quantitative estimate of drug-likeness (QED) is 0.724. The van der Waals surface area contributed by atoms with Gasteiger partial charge in [-0.1, -0.05) is 0 Å². The molecule has 1 aromatic heterocycles. The molecule has 1 aromatic rings. The van der Waals surface area contributed by atoms with Crippen molar-refractivity contribution in [1.29, 1.82) is 0 Å². The Morgan fingerprint density at radius 2 is 2.17 bits per heavy atom. The van der Waals surface area contributed by atoms with Gasteiger partial charge in [-0.15, -0.1) is 0 Å². The van der Waals surface area contributed by atoms with Crippen molar-refractivity contribution in [2.24, 2.45) is 0 Å². The third kappa shape index (κ3) is 5.09. The normalized spacial score (nSPS) is 11.9. The van der Waals surface area contributed by atoms with Crippen molar-refractivity contribution in [1.82, 2.24) is 15.3 Å². The predicted octanol–water partition coefficient (Wildman–Crippen LogP) is 0.190. The summed E-state index contributed by atoms with van der Waals surface area (Å²) < 4.78 is 0. The van der Waals surface area contributed by atoms with E-state index in [4.69, 9.17) is 5.11 Å². The maximum atomic E-state index is 11.7. The standard InChI is InChI=1S/C12H20N4O2/c1-10(5-3-8-17)15-11(18)9-16(2)12-13-6-4-7-14-12/h4,6-7,10,17H,3,5,8-9H2,1-2H3,(H,15,18). The Kier molecular flexibility index (Phi) is 6.07. The molecule has 2 N–H and O–H groups in total. The van der Waals surface area contributed by atoms with Crippen LogP contribution in [0, 0.1) is 0 Å². The van der Waals surface area contributed by atoms with E-state index in [1.165, 1.54) is 0 Å². The summed E-state index contributed by atoms with van der Waals surface area (Å²) in [5.41, 5.74) is 0. The van der Waals surface area contributed by atoms with E-state index in [0.29, 0.717) is 12.4 Å². The first kappa shape index (κ1) is 14.4. The van der Waals surface area contributed by atoms with Crippen LogP contribution in [0.25, 0.3) is 0 Å². The van der Waals surface area contributed by atoms with Gasteiger partial charge in [-0.2, -0.15) is 0 Å². The summed E-state index contributed by atoms with van der Waals surface area (Å²) in [4.78, 5) is 21.5. The van der Waals surface area contributed by atoms with Gasteiger partial charge in [0.1, 0.15) is 0 Å². The maximum absolute atomic E-state index is 11.7. The topological polar surface area (TPSA) is 78.4 Å². The van der Waals surface area contributed by atoms with Gasteiger partial charge >= 0.3 is 0 Å². The van der Waals surface area contributed by atoms with Gasteiger partial charge in [0, 0.05) is 32.1 Å². The number of likely N-dealkylation sites (N-methyl/N-ethyl adjacent to an activating group) is 1. The second-order valence-electron chi connectivity index (χ2n) is 4.24. The average molecular weight is 252 g/mol. The first-order valence-corrected chi connectivity index (χ1v) is 6.02. The molecule has 100 valence electrons. The summed E-state index contributed by atoms with van der Waals surface area (Å²) in [5, 5.41) is 11.6. The van der Waals surface area contributed by atoms with E-state index in [1.807, 2.05) is 6.92 Å². The Morgan fingerprint density at radius 1 is 1.50 bits per heavy atom. The predicted molar refractivity (Wildman–Crippen MR) is 69.2 cm³/mol.